The van der Waals surface area contributed by atoms with Crippen LogP contribution in [0.3, 0.4) is 0 Å². The zero-order valence-corrected chi connectivity index (χ0v) is 59.9. The van der Waals surface area contributed by atoms with E-state index >= 15 is 14.4 Å². The van der Waals surface area contributed by atoms with Crippen molar-refractivity contribution in [1.82, 2.24) is 71.3 Å². The molecule has 0 saturated carbocycles. The molecule has 2 aliphatic rings. The van der Waals surface area contributed by atoms with Gasteiger partial charge in [0.25, 0.3) is 0 Å². The number of carbonyl (C=O) groups is 12. The SMILES string of the molecule is CCCC[C@@H]1NC(=O)[C@H](Cc2c[nH]c3ccccc23)NC(=O)[C@H](C)NC(=O)C[C@@H](C(=O)N2CCCCC2)NC(=O)CN(CCC)C(=O)CN(C)C(=O)[C@H](Cc2cccc(Cl)c2)N(C)C(=O)[C@H](C)N(C)C(=O)CN(C)C(=O)[C@@H](Cc2ccc(O)cc2)NC(=O)[C@H](Cc2c[nH]c3ccccc23)NC1=O. The van der Waals surface area contributed by atoms with Crippen molar-refractivity contribution < 1.29 is 62.6 Å². The number of likely N-dealkylation sites (N-methyl/N-ethyl adjacent to an activating group) is 4. The van der Waals surface area contributed by atoms with Gasteiger partial charge in [0, 0.05) is 113 Å². The molecule has 0 unspecified atom stereocenters. The van der Waals surface area contributed by atoms with E-state index in [4.69, 9.17) is 11.6 Å². The van der Waals surface area contributed by atoms with Crippen LogP contribution >= 0.6 is 11.6 Å². The highest BCUT2D eigenvalue weighted by molar-refractivity contribution is 6.30. The zero-order chi connectivity index (χ0) is 73.9. The smallest absolute Gasteiger partial charge is 0.245 e. The van der Waals surface area contributed by atoms with Gasteiger partial charge in [0.05, 0.1) is 26.1 Å². The Balaban J connectivity index is 1.17. The molecule has 546 valence electrons. The first-order valence-electron chi connectivity index (χ1n) is 34.7. The number of aromatic amines is 2. The normalized spacial score (nSPS) is 22.6. The van der Waals surface area contributed by atoms with E-state index in [-0.39, 0.29) is 44.4 Å². The molecule has 12 amide bonds. The predicted molar refractivity (Wildman–Crippen MR) is 384 cm³/mol. The molecule has 2 fully saturated rings. The summed E-state index contributed by atoms with van der Waals surface area (Å²) in [6, 6.07) is 16.1. The monoisotopic (exact) mass is 1420 g/mol. The number of amides is 12. The van der Waals surface area contributed by atoms with Crippen LogP contribution in [0.25, 0.3) is 21.8 Å². The molecule has 8 atom stereocenters. The summed E-state index contributed by atoms with van der Waals surface area (Å²) in [4.78, 5) is 190. The van der Waals surface area contributed by atoms with Gasteiger partial charge >= 0.3 is 0 Å². The molecule has 27 nitrogen and oxygen atoms in total. The Morgan fingerprint density at radius 1 is 0.529 bits per heavy atom. The van der Waals surface area contributed by atoms with E-state index < -0.39 is 145 Å². The van der Waals surface area contributed by atoms with E-state index in [0.29, 0.717) is 72.5 Å². The number of halogens is 1. The van der Waals surface area contributed by atoms with Gasteiger partial charge in [-0.25, -0.2) is 0 Å². The van der Waals surface area contributed by atoms with E-state index in [2.05, 4.69) is 41.9 Å². The number of unbranched alkanes of at least 4 members (excludes halogenated alkanes) is 1. The molecular weight excluding hydrogens is 1330 g/mol. The minimum atomic E-state index is -1.47. The fourth-order valence-corrected chi connectivity index (χ4v) is 13.0. The van der Waals surface area contributed by atoms with Crippen LogP contribution < -0.4 is 31.9 Å². The first kappa shape index (κ1) is 77.4. The summed E-state index contributed by atoms with van der Waals surface area (Å²) in [6.45, 7) is 5.42. The average Bonchev–Trinajstić information content (AvgIpc) is 1.37. The summed E-state index contributed by atoms with van der Waals surface area (Å²) in [5.41, 5.74) is 3.72. The molecule has 4 aromatic carbocycles. The van der Waals surface area contributed by atoms with Crippen molar-refractivity contribution in [3.8, 4) is 5.75 Å². The lowest BCUT2D eigenvalue weighted by atomic mass is 10.0. The number of para-hydroxylation sites is 2. The van der Waals surface area contributed by atoms with Gasteiger partial charge in [0.15, 0.2) is 0 Å². The first-order chi connectivity index (χ1) is 48.7. The third-order valence-corrected chi connectivity index (χ3v) is 19.1. The minimum absolute atomic E-state index is 0.0295. The lowest BCUT2D eigenvalue weighted by molar-refractivity contribution is -0.151. The number of hydrogen-bond donors (Lipinski definition) is 9. The molecule has 8 rings (SSSR count). The molecule has 0 aliphatic carbocycles. The number of fused-ring (bicyclic) bond motifs is 2. The molecule has 4 heterocycles. The Morgan fingerprint density at radius 3 is 1.69 bits per heavy atom. The highest BCUT2D eigenvalue weighted by atomic mass is 35.5. The number of H-pyrrole nitrogens is 2. The maximum absolute atomic E-state index is 15.3. The van der Waals surface area contributed by atoms with E-state index in [1.54, 1.807) is 60.6 Å². The van der Waals surface area contributed by atoms with Gasteiger partial charge in [-0.05, 0) is 105 Å². The van der Waals surface area contributed by atoms with Crippen LogP contribution in [0.2, 0.25) is 5.02 Å². The van der Waals surface area contributed by atoms with Crippen LogP contribution in [0.15, 0.2) is 109 Å². The maximum Gasteiger partial charge on any atom is 0.245 e. The van der Waals surface area contributed by atoms with Crippen LogP contribution in [0.4, 0.5) is 0 Å². The molecule has 0 spiro atoms. The Morgan fingerprint density at radius 2 is 1.09 bits per heavy atom. The Bertz CT molecular complexity index is 4000. The van der Waals surface area contributed by atoms with Gasteiger partial charge < -0.3 is 76.4 Å². The number of rotatable bonds is 14. The Hall–Kier alpha value is -10.3. The van der Waals surface area contributed by atoms with Crippen molar-refractivity contribution in [2.75, 3.05) is 67.5 Å². The molecule has 2 aromatic heterocycles. The lowest BCUT2D eigenvalue weighted by Gasteiger charge is -2.35. The van der Waals surface area contributed by atoms with Crippen molar-refractivity contribution in [2.24, 2.45) is 0 Å². The van der Waals surface area contributed by atoms with Gasteiger partial charge in [0.2, 0.25) is 70.9 Å². The number of hydrogen-bond acceptors (Lipinski definition) is 13. The van der Waals surface area contributed by atoms with Crippen LogP contribution in [0, 0.1) is 0 Å². The summed E-state index contributed by atoms with van der Waals surface area (Å²) in [7, 11) is 5.44. The second-order valence-electron chi connectivity index (χ2n) is 26.6. The fourth-order valence-electron chi connectivity index (χ4n) is 12.8. The number of piperidine rings is 1. The van der Waals surface area contributed by atoms with Crippen molar-refractivity contribution in [3.05, 3.63) is 137 Å². The Labute approximate surface area is 598 Å². The van der Waals surface area contributed by atoms with Gasteiger partial charge in [-0.3, -0.25) is 57.5 Å². The van der Waals surface area contributed by atoms with Crippen molar-refractivity contribution >= 4 is 104 Å². The topological polar surface area (TPSA) is 348 Å². The molecule has 102 heavy (non-hydrogen) atoms. The van der Waals surface area contributed by atoms with E-state index in [0.717, 1.165) is 47.8 Å². The van der Waals surface area contributed by atoms with Gasteiger partial charge in [0.1, 0.15) is 54.1 Å². The van der Waals surface area contributed by atoms with Crippen LogP contribution in [0.1, 0.15) is 101 Å². The molecule has 0 bridgehead atoms. The minimum Gasteiger partial charge on any atom is -0.508 e. The number of nitrogens with one attached hydrogen (secondary N) is 8. The zero-order valence-electron chi connectivity index (χ0n) is 59.1. The molecule has 0 radical (unpaired) electrons. The number of carbonyl (C=O) groups excluding carboxylic acids is 12. The highest BCUT2D eigenvalue weighted by Crippen LogP contribution is 2.24. The van der Waals surface area contributed by atoms with Crippen molar-refractivity contribution in [2.45, 2.75) is 153 Å². The molecule has 6 aromatic rings. The third-order valence-electron chi connectivity index (χ3n) is 18.8. The molecule has 2 saturated heterocycles. The summed E-state index contributed by atoms with van der Waals surface area (Å²) in [6.07, 6.45) is 5.80. The quantitative estimate of drug-likeness (QED) is 0.0753. The predicted octanol–water partition coefficient (Wildman–Crippen LogP) is 3.64. The second-order valence-corrected chi connectivity index (χ2v) is 27.0. The average molecular weight is 1420 g/mol. The molecule has 28 heteroatoms. The molecule has 9 N–H and O–H groups in total. The van der Waals surface area contributed by atoms with Crippen molar-refractivity contribution in [1.29, 1.82) is 0 Å². The number of benzene rings is 4. The summed E-state index contributed by atoms with van der Waals surface area (Å²) < 4.78 is 0. The third kappa shape index (κ3) is 20.7. The standard InChI is InChI=1S/C74H95ClN14O13/c1-9-11-24-57-68(96)82-59(38-50-41-77-56-26-16-14-23-54(50)56)70(98)83-60(35-47-27-29-52(90)30-28-47)72(100)84(5)43-65(93)86(7)46(4)71(99)87(8)62(36-48-20-19-21-51(75)34-48)74(102)85(6)44-66(94)89(31-10-2)42-64(92)79-61(73(101)88-32-17-12-18-33-88)39-63(91)78-45(3)67(95)81-58(69(97)80-57)37-49-40-76-55-25-15-13-22-53(49)55/h13-16,19-23,25-30,34,40-41,45-46,57-62,76-77,90H,9-12,17-18,24,31-33,35-39,42-44H2,1-8H3,(H,78,91)(H,79,92)(H,80,97)(H,81,95)(H,82,96)(H,83,98)/t45-,46-,57-,58-,59-,60+,61-,62-/m0/s1. The van der Waals surface area contributed by atoms with E-state index in [9.17, 15) is 48.3 Å². The van der Waals surface area contributed by atoms with Gasteiger partial charge in [-0.15, -0.1) is 0 Å². The van der Waals surface area contributed by atoms with Gasteiger partial charge in [-0.2, -0.15) is 0 Å². The molecular formula is C74H95ClN14O13. The molecule has 2 aliphatic heterocycles. The van der Waals surface area contributed by atoms with E-state index in [1.165, 1.54) is 59.1 Å². The summed E-state index contributed by atoms with van der Waals surface area (Å²) in [5.74, 6) is -9.05. The van der Waals surface area contributed by atoms with Gasteiger partial charge in [-0.1, -0.05) is 99.0 Å². The number of aromatic nitrogens is 2. The van der Waals surface area contributed by atoms with E-state index in [1.807, 2.05) is 55.5 Å². The number of phenols is 1. The number of aromatic hydroxyl groups is 1. The number of nitrogens with zero attached hydrogens (tertiary/aromatic N) is 6. The Kier molecular flexibility index (Phi) is 27.6. The van der Waals surface area contributed by atoms with Crippen molar-refractivity contribution in [3.63, 3.8) is 0 Å². The second kappa shape index (κ2) is 36.3. The largest absolute Gasteiger partial charge is 0.508 e. The number of likely N-dealkylation sites (tertiary alicyclic amines) is 1. The first-order valence-corrected chi connectivity index (χ1v) is 35.1. The van der Waals surface area contributed by atoms with Crippen LogP contribution in [0.5, 0.6) is 5.75 Å². The summed E-state index contributed by atoms with van der Waals surface area (Å²) >= 11 is 6.42. The lowest BCUT2D eigenvalue weighted by Crippen LogP contribution is -2.60. The van der Waals surface area contributed by atoms with Crippen LogP contribution in [-0.2, 0) is 83.2 Å². The fraction of sp³-hybridized carbons (Fsp3) is 0.459. The maximum atomic E-state index is 15.3. The highest BCUT2D eigenvalue weighted by Gasteiger charge is 2.39. The number of phenolic OH excluding ortho intramolecular Hbond substituents is 1. The van der Waals surface area contributed by atoms with Crippen LogP contribution in [-0.4, -0.2) is 231 Å². The summed E-state index contributed by atoms with van der Waals surface area (Å²) in [5, 5.41) is 28.8.